The van der Waals surface area contributed by atoms with Crippen LogP contribution in [0.15, 0.2) is 40.6 Å². The van der Waals surface area contributed by atoms with Gasteiger partial charge in [-0.15, -0.1) is 22.7 Å². The number of thiophene rings is 1. The number of anilines is 1. The molecule has 0 spiro atoms. The molecule has 0 atom stereocenters. The van der Waals surface area contributed by atoms with Crippen molar-refractivity contribution in [1.82, 2.24) is 9.29 Å². The molecule has 0 saturated heterocycles. The van der Waals surface area contributed by atoms with Crippen molar-refractivity contribution in [2.45, 2.75) is 18.7 Å². The van der Waals surface area contributed by atoms with Gasteiger partial charge in [-0.3, -0.25) is 4.79 Å². The highest BCUT2D eigenvalue weighted by Gasteiger charge is 2.21. The van der Waals surface area contributed by atoms with E-state index in [-0.39, 0.29) is 4.90 Å². The summed E-state index contributed by atoms with van der Waals surface area (Å²) in [5.74, 6) is -1.21. The molecule has 164 valence electrons. The maximum atomic E-state index is 12.4. The molecule has 8 nitrogen and oxygen atoms in total. The first kappa shape index (κ1) is 23.1. The van der Waals surface area contributed by atoms with Crippen LogP contribution in [0.25, 0.3) is 9.88 Å². The van der Waals surface area contributed by atoms with Gasteiger partial charge >= 0.3 is 5.97 Å². The van der Waals surface area contributed by atoms with Crippen molar-refractivity contribution in [1.29, 1.82) is 0 Å². The molecule has 1 N–H and O–H groups in total. The van der Waals surface area contributed by atoms with Crippen LogP contribution in [-0.4, -0.2) is 50.3 Å². The highest BCUT2D eigenvalue weighted by molar-refractivity contribution is 7.89. The summed E-state index contributed by atoms with van der Waals surface area (Å²) in [6.45, 7) is 2.88. The first-order valence-corrected chi connectivity index (χ1v) is 12.2. The number of rotatable bonds is 7. The maximum Gasteiger partial charge on any atom is 0.350 e. The minimum absolute atomic E-state index is 0.0914. The number of nitrogens with zero attached hydrogens (tertiary/aromatic N) is 2. The molecule has 0 saturated carbocycles. The molecule has 31 heavy (non-hydrogen) atoms. The van der Waals surface area contributed by atoms with Crippen LogP contribution in [0.5, 0.6) is 0 Å². The number of thiazole rings is 1. The van der Waals surface area contributed by atoms with E-state index < -0.39 is 28.5 Å². The number of ether oxygens (including phenoxy) is 1. The third-order valence-electron chi connectivity index (χ3n) is 4.28. The molecule has 0 fully saturated rings. The predicted octanol–water partition coefficient (Wildman–Crippen LogP) is 3.53. The van der Waals surface area contributed by atoms with E-state index in [1.165, 1.54) is 42.8 Å². The second-order valence-corrected chi connectivity index (χ2v) is 10.9. The standard InChI is InChI=1S/C20H21N3O5S3/c1-12-7-8-14(10-16(12)31(26,27)23(3)4)22-17(24)11-28-20(25)18-13(2)21-19(30-18)15-6-5-9-29-15/h5-10H,11H2,1-4H3,(H,22,24). The Hall–Kier alpha value is -2.60. The van der Waals surface area contributed by atoms with E-state index in [1.807, 2.05) is 17.5 Å². The molecule has 0 aliphatic rings. The molecule has 0 aliphatic heterocycles. The molecule has 3 rings (SSSR count). The topological polar surface area (TPSA) is 106 Å². The fourth-order valence-corrected chi connectivity index (χ4v) is 5.54. The van der Waals surface area contributed by atoms with Crippen molar-refractivity contribution in [3.8, 4) is 9.88 Å². The Kier molecular flexibility index (Phi) is 6.90. The lowest BCUT2D eigenvalue weighted by Gasteiger charge is -2.15. The highest BCUT2D eigenvalue weighted by Crippen LogP contribution is 2.31. The summed E-state index contributed by atoms with van der Waals surface area (Å²) in [6.07, 6.45) is 0. The third-order valence-corrected chi connectivity index (χ3v) is 8.41. The summed E-state index contributed by atoms with van der Waals surface area (Å²) >= 11 is 2.73. The molecule has 0 unspecified atom stereocenters. The van der Waals surface area contributed by atoms with Gasteiger partial charge in [-0.1, -0.05) is 12.1 Å². The first-order valence-electron chi connectivity index (χ1n) is 9.11. The average Bonchev–Trinajstić information content (AvgIpc) is 3.37. The van der Waals surface area contributed by atoms with Crippen molar-refractivity contribution in [3.05, 3.63) is 51.8 Å². The number of amides is 1. The first-order chi connectivity index (χ1) is 14.6. The summed E-state index contributed by atoms with van der Waals surface area (Å²) in [5.41, 5.74) is 1.39. The van der Waals surface area contributed by atoms with Crippen LogP contribution in [0.4, 0.5) is 5.69 Å². The van der Waals surface area contributed by atoms with Gasteiger partial charge < -0.3 is 10.1 Å². The van der Waals surface area contributed by atoms with Crippen molar-refractivity contribution >= 4 is 50.3 Å². The number of aromatic nitrogens is 1. The van der Waals surface area contributed by atoms with Crippen LogP contribution >= 0.6 is 22.7 Å². The second-order valence-electron chi connectivity index (χ2n) is 6.80. The predicted molar refractivity (Wildman–Crippen MR) is 121 cm³/mol. The van der Waals surface area contributed by atoms with E-state index in [4.69, 9.17) is 4.74 Å². The van der Waals surface area contributed by atoms with Gasteiger partial charge in [0.1, 0.15) is 9.88 Å². The highest BCUT2D eigenvalue weighted by atomic mass is 32.2. The number of carbonyl (C=O) groups is 2. The summed E-state index contributed by atoms with van der Waals surface area (Å²) < 4.78 is 31.1. The van der Waals surface area contributed by atoms with Crippen molar-refractivity contribution in [2.24, 2.45) is 0 Å². The second kappa shape index (κ2) is 9.27. The maximum absolute atomic E-state index is 12.4. The fraction of sp³-hybridized carbons (Fsp3) is 0.250. The van der Waals surface area contributed by atoms with E-state index in [0.717, 1.165) is 14.2 Å². The van der Waals surface area contributed by atoms with Gasteiger partial charge in [-0.05, 0) is 43.0 Å². The SMILES string of the molecule is Cc1ccc(NC(=O)COC(=O)c2sc(-c3cccs3)nc2C)cc1S(=O)(=O)N(C)C. The lowest BCUT2D eigenvalue weighted by Crippen LogP contribution is -2.24. The molecular formula is C20H21N3O5S3. The number of carbonyl (C=O) groups excluding carboxylic acids is 2. The molecule has 0 bridgehead atoms. The summed E-state index contributed by atoms with van der Waals surface area (Å²) in [4.78, 5) is 30.4. The number of aryl methyl sites for hydroxylation is 2. The fourth-order valence-electron chi connectivity index (χ4n) is 2.64. The lowest BCUT2D eigenvalue weighted by molar-refractivity contribution is -0.119. The summed E-state index contributed by atoms with van der Waals surface area (Å²) in [7, 11) is -0.786. The van der Waals surface area contributed by atoms with Gasteiger partial charge in [0.25, 0.3) is 5.91 Å². The van der Waals surface area contributed by atoms with E-state index in [2.05, 4.69) is 10.3 Å². The van der Waals surface area contributed by atoms with Crippen LogP contribution < -0.4 is 5.32 Å². The number of esters is 1. The molecule has 1 amide bonds. The monoisotopic (exact) mass is 479 g/mol. The Bertz CT molecular complexity index is 1210. The van der Waals surface area contributed by atoms with E-state index in [9.17, 15) is 18.0 Å². The largest absolute Gasteiger partial charge is 0.451 e. The molecule has 1 aromatic carbocycles. The number of benzene rings is 1. The zero-order valence-electron chi connectivity index (χ0n) is 17.3. The Morgan fingerprint density at radius 3 is 2.58 bits per heavy atom. The van der Waals surface area contributed by atoms with Gasteiger partial charge in [0.2, 0.25) is 10.0 Å². The van der Waals surface area contributed by atoms with Crippen LogP contribution in [0, 0.1) is 13.8 Å². The van der Waals surface area contributed by atoms with Crippen LogP contribution in [0.1, 0.15) is 20.9 Å². The average molecular weight is 480 g/mol. The zero-order chi connectivity index (χ0) is 22.8. The minimum Gasteiger partial charge on any atom is -0.451 e. The Labute approximate surface area is 188 Å². The van der Waals surface area contributed by atoms with Crippen LogP contribution in [0.3, 0.4) is 0 Å². The molecule has 2 heterocycles. The Morgan fingerprint density at radius 2 is 1.94 bits per heavy atom. The number of hydrogen-bond acceptors (Lipinski definition) is 8. The van der Waals surface area contributed by atoms with Crippen LogP contribution in [0.2, 0.25) is 0 Å². The zero-order valence-corrected chi connectivity index (χ0v) is 19.8. The quantitative estimate of drug-likeness (QED) is 0.520. The normalized spacial score (nSPS) is 11.5. The molecular weight excluding hydrogens is 458 g/mol. The van der Waals surface area contributed by atoms with E-state index >= 15 is 0 Å². The van der Waals surface area contributed by atoms with Crippen molar-refractivity contribution < 1.29 is 22.7 Å². The van der Waals surface area contributed by atoms with Crippen LogP contribution in [-0.2, 0) is 19.6 Å². The van der Waals surface area contributed by atoms with E-state index in [0.29, 0.717) is 21.8 Å². The minimum atomic E-state index is -3.66. The van der Waals surface area contributed by atoms with Gasteiger partial charge in [-0.2, -0.15) is 0 Å². The van der Waals surface area contributed by atoms with Gasteiger partial charge in [0.15, 0.2) is 6.61 Å². The molecule has 2 aromatic heterocycles. The van der Waals surface area contributed by atoms with Crippen molar-refractivity contribution in [3.63, 3.8) is 0 Å². The molecule has 3 aromatic rings. The Balaban J connectivity index is 1.65. The lowest BCUT2D eigenvalue weighted by atomic mass is 10.2. The van der Waals surface area contributed by atoms with Gasteiger partial charge in [0, 0.05) is 19.8 Å². The smallest absolute Gasteiger partial charge is 0.350 e. The van der Waals surface area contributed by atoms with Gasteiger partial charge in [0.05, 0.1) is 15.5 Å². The molecule has 0 radical (unpaired) electrons. The number of sulfonamides is 1. The van der Waals surface area contributed by atoms with Crippen molar-refractivity contribution in [2.75, 3.05) is 26.0 Å². The number of nitrogens with one attached hydrogen (secondary N) is 1. The van der Waals surface area contributed by atoms with E-state index in [1.54, 1.807) is 26.0 Å². The summed E-state index contributed by atoms with van der Waals surface area (Å²) in [6, 6.07) is 8.39. The molecule has 11 heteroatoms. The summed E-state index contributed by atoms with van der Waals surface area (Å²) in [5, 5.41) is 5.21. The Morgan fingerprint density at radius 1 is 1.19 bits per heavy atom. The molecule has 0 aliphatic carbocycles. The van der Waals surface area contributed by atoms with Gasteiger partial charge in [-0.25, -0.2) is 22.5 Å². The third kappa shape index (κ3) is 5.18. The number of hydrogen-bond donors (Lipinski definition) is 1.